The largest absolute Gasteiger partial charge is 0.391 e. The lowest BCUT2D eigenvalue weighted by Crippen LogP contribution is -2.29. The Morgan fingerprint density at radius 2 is 2.27 bits per heavy atom. The molecule has 0 atom stereocenters. The van der Waals surface area contributed by atoms with Crippen LogP contribution in [0.2, 0.25) is 0 Å². The summed E-state index contributed by atoms with van der Waals surface area (Å²) in [6.45, 7) is 4.39. The van der Waals surface area contributed by atoms with Gasteiger partial charge in [0.15, 0.2) is 0 Å². The highest BCUT2D eigenvalue weighted by Crippen LogP contribution is 2.01. The van der Waals surface area contributed by atoms with E-state index < -0.39 is 0 Å². The third-order valence-electron chi connectivity index (χ3n) is 2.59. The van der Waals surface area contributed by atoms with Crippen LogP contribution in [-0.4, -0.2) is 12.0 Å². The maximum Gasteiger partial charge on any atom is 0.0430 e. The van der Waals surface area contributed by atoms with Crippen LogP contribution in [0.1, 0.15) is 39.5 Å². The van der Waals surface area contributed by atoms with Gasteiger partial charge in [-0.05, 0) is 25.3 Å². The van der Waals surface area contributed by atoms with Crippen molar-refractivity contribution < 1.29 is 0 Å². The highest BCUT2D eigenvalue weighted by Gasteiger charge is 1.97. The van der Waals surface area contributed by atoms with Gasteiger partial charge in [-0.1, -0.05) is 26.3 Å². The van der Waals surface area contributed by atoms with Crippen molar-refractivity contribution in [2.75, 3.05) is 7.05 Å². The molecule has 1 rings (SSSR count). The van der Waals surface area contributed by atoms with Crippen LogP contribution in [0.5, 0.6) is 0 Å². The van der Waals surface area contributed by atoms with Crippen molar-refractivity contribution in [3.63, 3.8) is 0 Å². The highest BCUT2D eigenvalue weighted by molar-refractivity contribution is 5.42. The predicted molar refractivity (Wildman–Crippen MR) is 66.8 cm³/mol. The molecule has 2 heteroatoms. The second-order valence-electron chi connectivity index (χ2n) is 3.75. The molecule has 0 aliphatic carbocycles. The standard InChI is InChI=1S/C13H22N2/c1-4-6-8-12(14-3)11-9-10-15-13(11)7-5-2/h7,9-10,14-15H,4-6,8H2,1-3H3/b12-11+,13-7-. The first kappa shape index (κ1) is 11.9. The zero-order valence-corrected chi connectivity index (χ0v) is 10.1. The molecule has 2 N–H and O–H groups in total. The van der Waals surface area contributed by atoms with E-state index in [1.54, 1.807) is 0 Å². The summed E-state index contributed by atoms with van der Waals surface area (Å²) in [5.74, 6) is 0. The summed E-state index contributed by atoms with van der Waals surface area (Å²) in [7, 11) is 2.01. The molecule has 1 aromatic heterocycles. The smallest absolute Gasteiger partial charge is 0.0430 e. The number of aromatic nitrogens is 1. The number of H-pyrrole nitrogens is 1. The van der Waals surface area contributed by atoms with Crippen molar-refractivity contribution in [1.29, 1.82) is 0 Å². The molecular weight excluding hydrogens is 184 g/mol. The number of unbranched alkanes of at least 4 members (excludes halogenated alkanes) is 1. The minimum absolute atomic E-state index is 1.07. The fraction of sp³-hybridized carbons (Fsp3) is 0.538. The first-order valence-electron chi connectivity index (χ1n) is 5.88. The van der Waals surface area contributed by atoms with Crippen LogP contribution in [0.4, 0.5) is 0 Å². The molecule has 0 aliphatic heterocycles. The van der Waals surface area contributed by atoms with E-state index in [1.807, 2.05) is 13.2 Å². The summed E-state index contributed by atoms with van der Waals surface area (Å²) in [5, 5.41) is 5.89. The highest BCUT2D eigenvalue weighted by atomic mass is 14.8. The van der Waals surface area contributed by atoms with Gasteiger partial charge >= 0.3 is 0 Å². The second kappa shape index (κ2) is 6.33. The van der Waals surface area contributed by atoms with Gasteiger partial charge in [-0.2, -0.15) is 0 Å². The topological polar surface area (TPSA) is 27.8 Å². The zero-order chi connectivity index (χ0) is 11.1. The van der Waals surface area contributed by atoms with E-state index in [0.717, 1.165) is 12.8 Å². The lowest BCUT2D eigenvalue weighted by molar-refractivity contribution is 0.796. The lowest BCUT2D eigenvalue weighted by atomic mass is 10.1. The summed E-state index contributed by atoms with van der Waals surface area (Å²) in [4.78, 5) is 3.28. The van der Waals surface area contributed by atoms with Crippen LogP contribution < -0.4 is 15.9 Å². The van der Waals surface area contributed by atoms with Crippen LogP contribution in [0.15, 0.2) is 12.3 Å². The second-order valence-corrected chi connectivity index (χ2v) is 3.75. The molecule has 84 valence electrons. The Morgan fingerprint density at radius 1 is 1.47 bits per heavy atom. The van der Waals surface area contributed by atoms with Gasteiger partial charge in [-0.3, -0.25) is 0 Å². The normalized spacial score (nSPS) is 14.2. The molecule has 1 aromatic rings. The average Bonchev–Trinajstić information content (AvgIpc) is 2.68. The summed E-state index contributed by atoms with van der Waals surface area (Å²) in [6, 6.07) is 2.16. The molecule has 0 saturated carbocycles. The van der Waals surface area contributed by atoms with E-state index in [2.05, 4.69) is 36.3 Å². The van der Waals surface area contributed by atoms with Gasteiger partial charge in [-0.15, -0.1) is 0 Å². The van der Waals surface area contributed by atoms with Crippen LogP contribution in [-0.2, 0) is 0 Å². The first-order valence-corrected chi connectivity index (χ1v) is 5.88. The van der Waals surface area contributed by atoms with Gasteiger partial charge in [0, 0.05) is 29.5 Å². The molecule has 1 heterocycles. The molecule has 0 spiro atoms. The Labute approximate surface area is 92.1 Å². The molecular formula is C13H22N2. The minimum Gasteiger partial charge on any atom is -0.391 e. The first-order chi connectivity index (χ1) is 7.33. The fourth-order valence-corrected chi connectivity index (χ4v) is 1.77. The molecule has 0 fully saturated rings. The summed E-state index contributed by atoms with van der Waals surface area (Å²) in [5.41, 5.74) is 1.35. The average molecular weight is 206 g/mol. The summed E-state index contributed by atoms with van der Waals surface area (Å²) in [6.07, 6.45) is 8.93. The Hall–Kier alpha value is -1.18. The molecule has 15 heavy (non-hydrogen) atoms. The van der Waals surface area contributed by atoms with Crippen molar-refractivity contribution in [2.24, 2.45) is 0 Å². The zero-order valence-electron chi connectivity index (χ0n) is 10.1. The van der Waals surface area contributed by atoms with Gasteiger partial charge in [0.05, 0.1) is 0 Å². The SMILES string of the molecule is CC/C=c1\[nH]cc\c1=C(\CCCC)NC. The minimum atomic E-state index is 1.07. The van der Waals surface area contributed by atoms with Gasteiger partial charge in [0.1, 0.15) is 0 Å². The molecule has 0 unspecified atom stereocenters. The number of rotatable bonds is 5. The molecule has 0 saturated heterocycles. The van der Waals surface area contributed by atoms with Gasteiger partial charge in [-0.25, -0.2) is 0 Å². The maximum atomic E-state index is 3.31. The Balaban J connectivity index is 3.11. The fourth-order valence-electron chi connectivity index (χ4n) is 1.77. The Bertz CT molecular complexity index is 387. The Kier molecular flexibility index (Phi) is 5.02. The number of aromatic amines is 1. The van der Waals surface area contributed by atoms with E-state index in [0.29, 0.717) is 0 Å². The van der Waals surface area contributed by atoms with Crippen molar-refractivity contribution >= 4 is 11.8 Å². The van der Waals surface area contributed by atoms with Crippen LogP contribution in [0, 0.1) is 0 Å². The summed E-state index contributed by atoms with van der Waals surface area (Å²) < 4.78 is 0. The molecule has 0 radical (unpaired) electrons. The van der Waals surface area contributed by atoms with E-state index >= 15 is 0 Å². The molecule has 0 aliphatic rings. The van der Waals surface area contributed by atoms with Crippen molar-refractivity contribution in [2.45, 2.75) is 39.5 Å². The predicted octanol–water partition coefficient (Wildman–Crippen LogP) is 1.72. The van der Waals surface area contributed by atoms with Crippen molar-refractivity contribution in [1.82, 2.24) is 10.3 Å². The Morgan fingerprint density at radius 3 is 2.87 bits per heavy atom. The third-order valence-corrected chi connectivity index (χ3v) is 2.59. The monoisotopic (exact) mass is 206 g/mol. The van der Waals surface area contributed by atoms with E-state index in [-0.39, 0.29) is 0 Å². The third kappa shape index (κ3) is 3.15. The van der Waals surface area contributed by atoms with Crippen LogP contribution >= 0.6 is 0 Å². The van der Waals surface area contributed by atoms with Crippen molar-refractivity contribution in [3.05, 3.63) is 22.8 Å². The van der Waals surface area contributed by atoms with Gasteiger partial charge in [0.25, 0.3) is 0 Å². The van der Waals surface area contributed by atoms with Crippen molar-refractivity contribution in [3.8, 4) is 0 Å². The maximum absolute atomic E-state index is 3.31. The molecule has 0 amide bonds. The van der Waals surface area contributed by atoms with E-state index in [9.17, 15) is 0 Å². The number of hydrogen-bond donors (Lipinski definition) is 2. The molecule has 0 aromatic carbocycles. The van der Waals surface area contributed by atoms with E-state index in [4.69, 9.17) is 0 Å². The van der Waals surface area contributed by atoms with Crippen LogP contribution in [0.25, 0.3) is 11.8 Å². The van der Waals surface area contributed by atoms with E-state index in [1.165, 1.54) is 29.1 Å². The van der Waals surface area contributed by atoms with Gasteiger partial charge < -0.3 is 10.3 Å². The van der Waals surface area contributed by atoms with Crippen LogP contribution in [0.3, 0.4) is 0 Å². The van der Waals surface area contributed by atoms with Gasteiger partial charge in [0.2, 0.25) is 0 Å². The number of nitrogens with one attached hydrogen (secondary N) is 2. The molecule has 0 bridgehead atoms. The number of hydrogen-bond acceptors (Lipinski definition) is 1. The quantitative estimate of drug-likeness (QED) is 0.754. The summed E-state index contributed by atoms with van der Waals surface area (Å²) >= 11 is 0. The lowest BCUT2D eigenvalue weighted by Gasteiger charge is -2.04. The molecule has 2 nitrogen and oxygen atoms in total.